The molecule has 0 atom stereocenters. The highest BCUT2D eigenvalue weighted by Crippen LogP contribution is 2.30. The maximum Gasteiger partial charge on any atom is 0.311 e. The van der Waals surface area contributed by atoms with Crippen LogP contribution in [0.4, 0.5) is 5.82 Å². The summed E-state index contributed by atoms with van der Waals surface area (Å²) in [5.41, 5.74) is -0.722. The van der Waals surface area contributed by atoms with Crippen LogP contribution in [0.15, 0.2) is 23.7 Å². The van der Waals surface area contributed by atoms with Crippen LogP contribution in [0.5, 0.6) is 0 Å². The van der Waals surface area contributed by atoms with Gasteiger partial charge in [-0.2, -0.15) is 0 Å². The molecule has 0 amide bonds. The van der Waals surface area contributed by atoms with Gasteiger partial charge < -0.3 is 10.4 Å². The lowest BCUT2D eigenvalue weighted by molar-refractivity contribution is -0.148. The van der Waals surface area contributed by atoms with E-state index in [9.17, 15) is 9.90 Å². The molecule has 4 nitrogen and oxygen atoms in total. The van der Waals surface area contributed by atoms with Crippen LogP contribution in [-0.2, 0) is 4.79 Å². The number of nitrogens with one attached hydrogen (secondary N) is 1. The molecule has 0 saturated heterocycles. The van der Waals surface area contributed by atoms with Gasteiger partial charge in [-0.1, -0.05) is 13.8 Å². The zero-order valence-corrected chi connectivity index (χ0v) is 12.0. The quantitative estimate of drug-likeness (QED) is 0.847. The number of nitrogens with zero attached hydrogens (tertiary/aromatic N) is 1. The van der Waals surface area contributed by atoms with Crippen molar-refractivity contribution in [1.82, 2.24) is 4.98 Å². The van der Waals surface area contributed by atoms with E-state index in [1.807, 2.05) is 31.4 Å². The van der Waals surface area contributed by atoms with E-state index in [0.29, 0.717) is 19.4 Å². The molecule has 0 aliphatic carbocycles. The normalized spacial score (nSPS) is 11.7. The summed E-state index contributed by atoms with van der Waals surface area (Å²) in [6.07, 6.45) is 2.96. The summed E-state index contributed by atoms with van der Waals surface area (Å²) >= 11 is 1.66. The predicted molar refractivity (Wildman–Crippen MR) is 78.8 cm³/mol. The number of hydrogen-bond donors (Lipinski definition) is 2. The summed E-state index contributed by atoms with van der Waals surface area (Å²) in [6.45, 7) is 4.23. The summed E-state index contributed by atoms with van der Waals surface area (Å²) in [5, 5.41) is 15.7. The lowest BCUT2D eigenvalue weighted by atomic mass is 9.82. The van der Waals surface area contributed by atoms with Gasteiger partial charge in [-0.05, 0) is 30.4 Å². The topological polar surface area (TPSA) is 62.2 Å². The summed E-state index contributed by atoms with van der Waals surface area (Å²) in [6, 6.07) is 3.98. The Labute approximate surface area is 116 Å². The van der Waals surface area contributed by atoms with Crippen LogP contribution >= 0.6 is 11.3 Å². The van der Waals surface area contributed by atoms with Crippen molar-refractivity contribution in [3.8, 4) is 0 Å². The third-order valence-electron chi connectivity index (χ3n) is 3.78. The predicted octanol–water partition coefficient (Wildman–Crippen LogP) is 3.60. The van der Waals surface area contributed by atoms with Gasteiger partial charge in [0.15, 0.2) is 0 Å². The lowest BCUT2D eigenvalue weighted by Gasteiger charge is -2.27. The van der Waals surface area contributed by atoms with E-state index in [1.54, 1.807) is 17.5 Å². The maximum atomic E-state index is 11.5. The molecule has 2 heterocycles. The van der Waals surface area contributed by atoms with Gasteiger partial charge in [0.05, 0.1) is 5.41 Å². The van der Waals surface area contributed by atoms with Crippen LogP contribution in [0, 0.1) is 5.41 Å². The molecule has 19 heavy (non-hydrogen) atoms. The van der Waals surface area contributed by atoms with Crippen molar-refractivity contribution in [3.63, 3.8) is 0 Å². The van der Waals surface area contributed by atoms with Crippen LogP contribution in [-0.4, -0.2) is 22.6 Å². The van der Waals surface area contributed by atoms with Gasteiger partial charge in [-0.25, -0.2) is 4.98 Å². The number of pyridine rings is 1. The Morgan fingerprint density at radius 2 is 2.16 bits per heavy atom. The molecule has 0 unspecified atom stereocenters. The van der Waals surface area contributed by atoms with Crippen molar-refractivity contribution >= 4 is 33.2 Å². The Kier molecular flexibility index (Phi) is 4.04. The number of rotatable bonds is 6. The van der Waals surface area contributed by atoms with Gasteiger partial charge in [-0.15, -0.1) is 11.3 Å². The molecular weight excluding hydrogens is 260 g/mol. The lowest BCUT2D eigenvalue weighted by Crippen LogP contribution is -2.37. The molecule has 0 aromatic carbocycles. The highest BCUT2D eigenvalue weighted by molar-refractivity contribution is 7.17. The zero-order chi connectivity index (χ0) is 13.9. The Morgan fingerprint density at radius 1 is 1.42 bits per heavy atom. The van der Waals surface area contributed by atoms with Gasteiger partial charge in [0.2, 0.25) is 0 Å². The first-order chi connectivity index (χ1) is 9.13. The fourth-order valence-corrected chi connectivity index (χ4v) is 2.95. The summed E-state index contributed by atoms with van der Waals surface area (Å²) in [7, 11) is 0. The second-order valence-electron chi connectivity index (χ2n) is 4.64. The van der Waals surface area contributed by atoms with E-state index in [0.717, 1.165) is 15.9 Å². The first kappa shape index (κ1) is 13.8. The number of hydrogen-bond acceptors (Lipinski definition) is 4. The van der Waals surface area contributed by atoms with E-state index in [4.69, 9.17) is 0 Å². The highest BCUT2D eigenvalue weighted by atomic mass is 32.1. The second-order valence-corrected chi connectivity index (χ2v) is 5.59. The molecule has 0 bridgehead atoms. The van der Waals surface area contributed by atoms with Crippen LogP contribution < -0.4 is 5.32 Å². The molecule has 0 radical (unpaired) electrons. The second kappa shape index (κ2) is 5.57. The highest BCUT2D eigenvalue weighted by Gasteiger charge is 2.34. The molecule has 102 valence electrons. The van der Waals surface area contributed by atoms with Gasteiger partial charge >= 0.3 is 5.97 Å². The first-order valence-corrected chi connectivity index (χ1v) is 7.30. The molecule has 0 spiro atoms. The summed E-state index contributed by atoms with van der Waals surface area (Å²) < 4.78 is 1.16. The van der Waals surface area contributed by atoms with Crippen molar-refractivity contribution in [2.75, 3.05) is 11.9 Å². The summed E-state index contributed by atoms with van der Waals surface area (Å²) in [5.74, 6) is 0.0220. The molecule has 0 fully saturated rings. The number of thiophene rings is 1. The van der Waals surface area contributed by atoms with E-state index in [-0.39, 0.29) is 0 Å². The molecule has 2 rings (SSSR count). The average molecular weight is 278 g/mol. The number of aromatic nitrogens is 1. The minimum Gasteiger partial charge on any atom is -0.481 e. The Morgan fingerprint density at radius 3 is 2.79 bits per heavy atom. The standard InChI is InChI=1S/C14H18N2O2S/c1-3-14(4-2,13(17)18)9-16-12-10-6-8-19-11(10)5-7-15-12/h5-8H,3-4,9H2,1-2H3,(H,15,16)(H,17,18). The number of fused-ring (bicyclic) bond motifs is 1. The van der Waals surface area contributed by atoms with Gasteiger partial charge in [0.1, 0.15) is 5.82 Å². The van der Waals surface area contributed by atoms with Crippen LogP contribution in [0.1, 0.15) is 26.7 Å². The van der Waals surface area contributed by atoms with Gasteiger partial charge in [-0.3, -0.25) is 4.79 Å². The third-order valence-corrected chi connectivity index (χ3v) is 4.66. The number of carboxylic acids is 1. The average Bonchev–Trinajstić information content (AvgIpc) is 2.89. The molecule has 2 N–H and O–H groups in total. The fourth-order valence-electron chi connectivity index (χ4n) is 2.17. The van der Waals surface area contributed by atoms with Crippen molar-refractivity contribution in [2.24, 2.45) is 5.41 Å². The molecule has 2 aromatic rings. The molecular formula is C14H18N2O2S. The minimum atomic E-state index is -0.748. The molecule has 0 saturated carbocycles. The molecule has 0 aliphatic rings. The largest absolute Gasteiger partial charge is 0.481 e. The van der Waals surface area contributed by atoms with Crippen molar-refractivity contribution in [2.45, 2.75) is 26.7 Å². The summed E-state index contributed by atoms with van der Waals surface area (Å²) in [4.78, 5) is 15.8. The van der Waals surface area contributed by atoms with Crippen LogP contribution in [0.2, 0.25) is 0 Å². The van der Waals surface area contributed by atoms with Gasteiger partial charge in [0, 0.05) is 22.8 Å². The molecule has 2 aromatic heterocycles. The fraction of sp³-hybridized carbons (Fsp3) is 0.429. The van der Waals surface area contributed by atoms with Crippen molar-refractivity contribution in [1.29, 1.82) is 0 Å². The molecule has 0 aliphatic heterocycles. The van der Waals surface area contributed by atoms with E-state index < -0.39 is 11.4 Å². The number of anilines is 1. The number of carboxylic acid groups (broad SMARTS) is 1. The number of carbonyl (C=O) groups is 1. The van der Waals surface area contributed by atoms with Gasteiger partial charge in [0.25, 0.3) is 0 Å². The van der Waals surface area contributed by atoms with E-state index in [2.05, 4.69) is 10.3 Å². The van der Waals surface area contributed by atoms with E-state index >= 15 is 0 Å². The third kappa shape index (κ3) is 2.56. The van der Waals surface area contributed by atoms with E-state index in [1.165, 1.54) is 0 Å². The SMILES string of the molecule is CCC(CC)(CNc1nccc2sccc12)C(=O)O. The smallest absolute Gasteiger partial charge is 0.311 e. The van der Waals surface area contributed by atoms with Crippen molar-refractivity contribution < 1.29 is 9.90 Å². The zero-order valence-electron chi connectivity index (χ0n) is 11.1. The number of aliphatic carboxylic acids is 1. The minimum absolute atomic E-state index is 0.400. The van der Waals surface area contributed by atoms with Crippen LogP contribution in [0.25, 0.3) is 10.1 Å². The molecule has 5 heteroatoms. The van der Waals surface area contributed by atoms with Crippen molar-refractivity contribution in [3.05, 3.63) is 23.7 Å². The Balaban J connectivity index is 2.22. The Hall–Kier alpha value is -1.62. The monoisotopic (exact) mass is 278 g/mol. The Bertz CT molecular complexity index is 576. The first-order valence-electron chi connectivity index (χ1n) is 6.42. The maximum absolute atomic E-state index is 11.5. The van der Waals surface area contributed by atoms with Crippen LogP contribution in [0.3, 0.4) is 0 Å².